The van der Waals surface area contributed by atoms with Gasteiger partial charge < -0.3 is 15.4 Å². The summed E-state index contributed by atoms with van der Waals surface area (Å²) >= 11 is 0. The van der Waals surface area contributed by atoms with Crippen molar-refractivity contribution in [1.29, 1.82) is 0 Å². The molecular formula is C24H29N3O3. The van der Waals surface area contributed by atoms with E-state index in [0.29, 0.717) is 36.2 Å². The fraction of sp³-hybridized carbons (Fsp3) is 0.250. The van der Waals surface area contributed by atoms with E-state index in [1.165, 1.54) is 0 Å². The van der Waals surface area contributed by atoms with Crippen molar-refractivity contribution < 1.29 is 14.7 Å². The van der Waals surface area contributed by atoms with Gasteiger partial charge in [0.05, 0.1) is 13.0 Å². The van der Waals surface area contributed by atoms with E-state index in [-0.39, 0.29) is 12.3 Å². The Morgan fingerprint density at radius 2 is 1.67 bits per heavy atom. The molecule has 2 rings (SSSR count). The monoisotopic (exact) mass is 407 g/mol. The molecule has 0 spiro atoms. The lowest BCUT2D eigenvalue weighted by Gasteiger charge is -2.25. The Bertz CT molecular complexity index is 918. The molecule has 0 aliphatic heterocycles. The number of carboxylic acids is 1. The van der Waals surface area contributed by atoms with Crippen molar-refractivity contribution in [3.05, 3.63) is 89.1 Å². The molecule has 0 bridgehead atoms. The molecule has 0 aliphatic rings. The summed E-state index contributed by atoms with van der Waals surface area (Å²) in [7, 11) is 0. The van der Waals surface area contributed by atoms with Crippen LogP contribution in [0.1, 0.15) is 49.0 Å². The average Bonchev–Trinajstić information content (AvgIpc) is 2.74. The van der Waals surface area contributed by atoms with Crippen molar-refractivity contribution in [2.24, 2.45) is 5.84 Å². The number of nitrogens with zero attached hydrogens (tertiary/aromatic N) is 1. The van der Waals surface area contributed by atoms with E-state index in [1.807, 2.05) is 56.3 Å². The molecule has 0 radical (unpaired) electrons. The second kappa shape index (κ2) is 11.0. The van der Waals surface area contributed by atoms with Crippen LogP contribution in [0, 0.1) is 0 Å². The van der Waals surface area contributed by atoms with Crippen LogP contribution in [-0.2, 0) is 11.3 Å². The van der Waals surface area contributed by atoms with Crippen LogP contribution in [0.3, 0.4) is 0 Å². The third-order valence-electron chi connectivity index (χ3n) is 4.81. The number of carbonyl (C=O) groups is 2. The Hall–Kier alpha value is -3.38. The third-order valence-corrected chi connectivity index (χ3v) is 4.81. The number of nitrogens with two attached hydrogens (primary N) is 1. The first-order chi connectivity index (χ1) is 14.3. The molecule has 4 N–H and O–H groups in total. The highest BCUT2D eigenvalue weighted by molar-refractivity contribution is 6.04. The third kappa shape index (κ3) is 6.32. The maximum Gasteiger partial charge on any atom is 0.307 e. The first-order valence-electron chi connectivity index (χ1n) is 9.95. The fourth-order valence-corrected chi connectivity index (χ4v) is 3.16. The molecule has 0 atom stereocenters. The molecule has 0 saturated carbocycles. The van der Waals surface area contributed by atoms with Crippen LogP contribution < -0.4 is 11.2 Å². The normalized spacial score (nSPS) is 11.4. The predicted molar refractivity (Wildman–Crippen MR) is 120 cm³/mol. The number of carbonyl (C=O) groups excluding carboxylic acids is 1. The number of rotatable bonds is 10. The van der Waals surface area contributed by atoms with Gasteiger partial charge in [0.1, 0.15) is 0 Å². The topological polar surface area (TPSA) is 95.7 Å². The molecule has 0 saturated heterocycles. The van der Waals surface area contributed by atoms with Crippen molar-refractivity contribution in [3.8, 4) is 0 Å². The van der Waals surface area contributed by atoms with E-state index in [0.717, 1.165) is 16.8 Å². The van der Waals surface area contributed by atoms with Crippen LogP contribution >= 0.6 is 0 Å². The number of carboxylic acid groups (broad SMARTS) is 1. The number of benzene rings is 2. The summed E-state index contributed by atoms with van der Waals surface area (Å²) in [6, 6.07) is 16.4. The molecule has 0 unspecified atom stereocenters. The molecule has 0 fully saturated rings. The standard InChI is InChI=1S/C24H29N3O3/c1-4-17(3)21(15-23(28)29)22(5-2)27(25)16-18-11-13-20(14-12-18)26-24(30)19-9-7-6-8-10-19/h6-14H,3-5,15-16,25H2,1-2H3,(H,26,30)(H,28,29)/b22-21-. The molecule has 6 heteroatoms. The van der Waals surface area contributed by atoms with E-state index in [9.17, 15) is 14.7 Å². The second-order valence-corrected chi connectivity index (χ2v) is 6.95. The summed E-state index contributed by atoms with van der Waals surface area (Å²) in [5.74, 6) is 5.22. The Labute approximate surface area is 177 Å². The number of hydrazine groups is 1. The number of anilines is 1. The maximum atomic E-state index is 12.3. The van der Waals surface area contributed by atoms with Gasteiger partial charge >= 0.3 is 5.97 Å². The first kappa shape index (κ1) is 22.9. The SMILES string of the molecule is C=C(CC)/C(CC(=O)O)=C(/CC)N(N)Cc1ccc(NC(=O)c2ccccc2)cc1. The minimum Gasteiger partial charge on any atom is -0.481 e. The highest BCUT2D eigenvalue weighted by Gasteiger charge is 2.16. The lowest BCUT2D eigenvalue weighted by Crippen LogP contribution is -2.31. The van der Waals surface area contributed by atoms with Crippen LogP contribution in [0.5, 0.6) is 0 Å². The number of hydrogen-bond donors (Lipinski definition) is 3. The fourth-order valence-electron chi connectivity index (χ4n) is 3.16. The van der Waals surface area contributed by atoms with Crippen molar-refractivity contribution in [1.82, 2.24) is 5.01 Å². The molecule has 2 aromatic rings. The zero-order valence-corrected chi connectivity index (χ0v) is 17.5. The van der Waals surface area contributed by atoms with Crippen molar-refractivity contribution in [3.63, 3.8) is 0 Å². The van der Waals surface area contributed by atoms with E-state index < -0.39 is 5.97 Å². The molecule has 0 aromatic heterocycles. The molecule has 6 nitrogen and oxygen atoms in total. The number of allylic oxidation sites excluding steroid dienone is 2. The van der Waals surface area contributed by atoms with Crippen LogP contribution in [0.15, 0.2) is 78.0 Å². The number of amides is 1. The molecule has 0 heterocycles. The predicted octanol–water partition coefficient (Wildman–Crippen LogP) is 4.72. The Morgan fingerprint density at radius 1 is 1.03 bits per heavy atom. The van der Waals surface area contributed by atoms with Gasteiger partial charge in [-0.05, 0) is 53.8 Å². The van der Waals surface area contributed by atoms with E-state index in [4.69, 9.17) is 5.84 Å². The molecular weight excluding hydrogens is 378 g/mol. The van der Waals surface area contributed by atoms with E-state index in [1.54, 1.807) is 17.1 Å². The van der Waals surface area contributed by atoms with Gasteiger partial charge in [-0.15, -0.1) is 0 Å². The van der Waals surface area contributed by atoms with Gasteiger partial charge in [-0.2, -0.15) is 0 Å². The largest absolute Gasteiger partial charge is 0.481 e. The molecule has 1 amide bonds. The Morgan fingerprint density at radius 3 is 2.20 bits per heavy atom. The van der Waals surface area contributed by atoms with Gasteiger partial charge in [0, 0.05) is 16.9 Å². The van der Waals surface area contributed by atoms with Gasteiger partial charge in [-0.3, -0.25) is 9.59 Å². The maximum absolute atomic E-state index is 12.3. The van der Waals surface area contributed by atoms with Crippen molar-refractivity contribution >= 4 is 17.6 Å². The smallest absolute Gasteiger partial charge is 0.307 e. The molecule has 0 aliphatic carbocycles. The summed E-state index contributed by atoms with van der Waals surface area (Å²) in [5.41, 5.74) is 4.46. The average molecular weight is 408 g/mol. The summed E-state index contributed by atoms with van der Waals surface area (Å²) in [4.78, 5) is 23.5. The highest BCUT2D eigenvalue weighted by Crippen LogP contribution is 2.25. The summed E-state index contributed by atoms with van der Waals surface area (Å²) in [5, 5.41) is 13.7. The minimum atomic E-state index is -0.905. The van der Waals surface area contributed by atoms with Crippen molar-refractivity contribution in [2.45, 2.75) is 39.7 Å². The zero-order chi connectivity index (χ0) is 22.1. The van der Waals surface area contributed by atoms with E-state index in [2.05, 4.69) is 11.9 Å². The molecule has 30 heavy (non-hydrogen) atoms. The van der Waals surface area contributed by atoms with Crippen LogP contribution in [0.25, 0.3) is 0 Å². The lowest BCUT2D eigenvalue weighted by molar-refractivity contribution is -0.136. The Kier molecular flexibility index (Phi) is 8.38. The number of nitrogens with one attached hydrogen (secondary N) is 1. The van der Waals surface area contributed by atoms with E-state index >= 15 is 0 Å². The van der Waals surface area contributed by atoms with Gasteiger partial charge in [-0.1, -0.05) is 50.8 Å². The minimum absolute atomic E-state index is 0.103. The van der Waals surface area contributed by atoms with Gasteiger partial charge in [0.2, 0.25) is 0 Å². The van der Waals surface area contributed by atoms with Gasteiger partial charge in [-0.25, -0.2) is 5.84 Å². The Balaban J connectivity index is 2.12. The highest BCUT2D eigenvalue weighted by atomic mass is 16.4. The van der Waals surface area contributed by atoms with Crippen LogP contribution in [-0.4, -0.2) is 22.0 Å². The summed E-state index contributed by atoms with van der Waals surface area (Å²) in [6.07, 6.45) is 1.16. The second-order valence-electron chi connectivity index (χ2n) is 6.95. The first-order valence-corrected chi connectivity index (χ1v) is 9.95. The van der Waals surface area contributed by atoms with Crippen LogP contribution in [0.4, 0.5) is 5.69 Å². The summed E-state index contributed by atoms with van der Waals surface area (Å²) < 4.78 is 0. The van der Waals surface area contributed by atoms with Gasteiger partial charge in [0.15, 0.2) is 0 Å². The van der Waals surface area contributed by atoms with Gasteiger partial charge in [0.25, 0.3) is 5.91 Å². The quantitative estimate of drug-likeness (QED) is 0.301. The van der Waals surface area contributed by atoms with Crippen LogP contribution in [0.2, 0.25) is 0 Å². The van der Waals surface area contributed by atoms with Crippen molar-refractivity contribution in [2.75, 3.05) is 5.32 Å². The number of aliphatic carboxylic acids is 1. The lowest BCUT2D eigenvalue weighted by atomic mass is 9.98. The summed E-state index contributed by atoms with van der Waals surface area (Å²) in [6.45, 7) is 8.31. The zero-order valence-electron chi connectivity index (χ0n) is 17.5. The number of hydrogen-bond acceptors (Lipinski definition) is 4. The molecule has 158 valence electrons. The molecule has 2 aromatic carbocycles.